The Hall–Kier alpha value is -1.52. The molecule has 1 aromatic carbocycles. The molecule has 0 bridgehead atoms. The number of benzene rings is 1. The summed E-state index contributed by atoms with van der Waals surface area (Å²) in [5.41, 5.74) is 7.44. The number of hydrogen-bond donors (Lipinski definition) is 2. The molecule has 0 fully saturated rings. The molecule has 0 aliphatic heterocycles. The van der Waals surface area contributed by atoms with E-state index in [0.717, 1.165) is 17.9 Å². The number of aliphatic hydroxyl groups is 1. The lowest BCUT2D eigenvalue weighted by Gasteiger charge is -2.20. The van der Waals surface area contributed by atoms with Crippen LogP contribution in [0.5, 0.6) is 5.75 Å². The van der Waals surface area contributed by atoms with E-state index in [-0.39, 0.29) is 6.61 Å². The number of hydrogen-bond acceptors (Lipinski definition) is 4. The van der Waals surface area contributed by atoms with Gasteiger partial charge in [-0.3, -0.25) is 4.90 Å². The minimum atomic E-state index is 0.130. The normalized spacial score (nSPS) is 10.5. The summed E-state index contributed by atoms with van der Waals surface area (Å²) in [6.07, 6.45) is 1.82. The van der Waals surface area contributed by atoms with Crippen LogP contribution < -0.4 is 10.5 Å². The minimum absolute atomic E-state index is 0.130. The van der Waals surface area contributed by atoms with Crippen LogP contribution in [-0.2, 0) is 6.54 Å². The Morgan fingerprint density at radius 3 is 2.88 bits per heavy atom. The van der Waals surface area contributed by atoms with E-state index in [1.54, 1.807) is 13.2 Å². The molecule has 94 valence electrons. The van der Waals surface area contributed by atoms with Gasteiger partial charge in [0.15, 0.2) is 0 Å². The maximum Gasteiger partial charge on any atom is 0.125 e. The van der Waals surface area contributed by atoms with Crippen LogP contribution in [0.1, 0.15) is 5.56 Å². The van der Waals surface area contributed by atoms with E-state index in [1.807, 2.05) is 18.2 Å². The second-order valence-electron chi connectivity index (χ2n) is 3.82. The van der Waals surface area contributed by atoms with Gasteiger partial charge in [0.1, 0.15) is 5.75 Å². The highest BCUT2D eigenvalue weighted by Gasteiger charge is 2.08. The van der Waals surface area contributed by atoms with E-state index >= 15 is 0 Å². The van der Waals surface area contributed by atoms with Crippen LogP contribution in [0, 0.1) is 0 Å². The van der Waals surface area contributed by atoms with E-state index in [2.05, 4.69) is 11.5 Å². The monoisotopic (exact) mass is 236 g/mol. The average Bonchev–Trinajstić information content (AvgIpc) is 2.32. The highest BCUT2D eigenvalue weighted by Crippen LogP contribution is 2.22. The molecule has 0 aromatic heterocycles. The van der Waals surface area contributed by atoms with Crippen molar-refractivity contribution in [1.82, 2.24) is 4.90 Å². The van der Waals surface area contributed by atoms with Crippen LogP contribution in [0.3, 0.4) is 0 Å². The molecule has 0 radical (unpaired) electrons. The van der Waals surface area contributed by atoms with Crippen LogP contribution in [0.15, 0.2) is 30.9 Å². The number of ether oxygens (including phenoxy) is 1. The smallest absolute Gasteiger partial charge is 0.125 e. The molecule has 1 aromatic rings. The van der Waals surface area contributed by atoms with Crippen LogP contribution in [-0.4, -0.2) is 36.8 Å². The molecule has 4 heteroatoms. The standard InChI is InChI=1S/C13H20N2O2/c1-3-6-15(7-8-16)10-11-4-5-12(14)9-13(11)17-2/h3-5,9,16H,1,6-8,10,14H2,2H3. The van der Waals surface area contributed by atoms with Gasteiger partial charge in [0.25, 0.3) is 0 Å². The summed E-state index contributed by atoms with van der Waals surface area (Å²) in [7, 11) is 1.63. The van der Waals surface area contributed by atoms with Gasteiger partial charge in [-0.05, 0) is 6.07 Å². The Morgan fingerprint density at radius 2 is 2.29 bits per heavy atom. The molecule has 0 aliphatic carbocycles. The first-order chi connectivity index (χ1) is 8.21. The van der Waals surface area contributed by atoms with Gasteiger partial charge in [-0.1, -0.05) is 12.1 Å². The number of rotatable bonds is 7. The molecule has 0 amide bonds. The Bertz CT molecular complexity index is 366. The molecule has 0 saturated carbocycles. The van der Waals surface area contributed by atoms with Crippen molar-refractivity contribution >= 4 is 5.69 Å². The lowest BCUT2D eigenvalue weighted by molar-refractivity contribution is 0.202. The van der Waals surface area contributed by atoms with Crippen molar-refractivity contribution in [2.24, 2.45) is 0 Å². The summed E-state index contributed by atoms with van der Waals surface area (Å²) in [6.45, 7) is 5.88. The molecular weight excluding hydrogens is 216 g/mol. The number of nitrogens with zero attached hydrogens (tertiary/aromatic N) is 1. The van der Waals surface area contributed by atoms with Gasteiger partial charge in [0.05, 0.1) is 13.7 Å². The van der Waals surface area contributed by atoms with Crippen molar-refractivity contribution in [3.63, 3.8) is 0 Å². The van der Waals surface area contributed by atoms with Crippen molar-refractivity contribution < 1.29 is 9.84 Å². The first-order valence-corrected chi connectivity index (χ1v) is 5.57. The van der Waals surface area contributed by atoms with Gasteiger partial charge in [-0.15, -0.1) is 6.58 Å². The Balaban J connectivity index is 2.80. The van der Waals surface area contributed by atoms with Crippen molar-refractivity contribution in [3.8, 4) is 5.75 Å². The largest absolute Gasteiger partial charge is 0.496 e. The fourth-order valence-electron chi connectivity index (χ4n) is 1.69. The highest BCUT2D eigenvalue weighted by molar-refractivity contribution is 5.48. The quantitative estimate of drug-likeness (QED) is 0.552. The Kier molecular flexibility index (Phi) is 5.52. The van der Waals surface area contributed by atoms with Crippen molar-refractivity contribution in [2.45, 2.75) is 6.54 Å². The van der Waals surface area contributed by atoms with Gasteiger partial charge < -0.3 is 15.6 Å². The molecule has 0 saturated heterocycles. The molecule has 0 aliphatic rings. The zero-order chi connectivity index (χ0) is 12.7. The molecule has 3 N–H and O–H groups in total. The Morgan fingerprint density at radius 1 is 1.53 bits per heavy atom. The first kappa shape index (κ1) is 13.5. The third-order valence-electron chi connectivity index (χ3n) is 2.51. The van der Waals surface area contributed by atoms with E-state index in [1.165, 1.54) is 0 Å². The second-order valence-corrected chi connectivity index (χ2v) is 3.82. The van der Waals surface area contributed by atoms with Gasteiger partial charge in [0, 0.05) is 37.0 Å². The molecule has 1 rings (SSSR count). The number of nitrogen functional groups attached to an aromatic ring is 1. The van der Waals surface area contributed by atoms with Gasteiger partial charge in [-0.2, -0.15) is 0 Å². The van der Waals surface area contributed by atoms with E-state index in [9.17, 15) is 0 Å². The van der Waals surface area contributed by atoms with E-state index in [4.69, 9.17) is 15.6 Å². The lowest BCUT2D eigenvalue weighted by Crippen LogP contribution is -2.26. The first-order valence-electron chi connectivity index (χ1n) is 5.57. The van der Waals surface area contributed by atoms with Gasteiger partial charge in [-0.25, -0.2) is 0 Å². The van der Waals surface area contributed by atoms with Crippen molar-refractivity contribution in [3.05, 3.63) is 36.4 Å². The Labute approximate surface area is 102 Å². The predicted molar refractivity (Wildman–Crippen MR) is 70.0 cm³/mol. The van der Waals surface area contributed by atoms with E-state index in [0.29, 0.717) is 18.8 Å². The predicted octanol–water partition coefficient (Wildman–Crippen LogP) is 1.26. The summed E-state index contributed by atoms with van der Waals surface area (Å²) in [6, 6.07) is 5.60. The molecular formula is C13H20N2O2. The maximum absolute atomic E-state index is 8.98. The molecule has 17 heavy (non-hydrogen) atoms. The fourth-order valence-corrected chi connectivity index (χ4v) is 1.69. The zero-order valence-electron chi connectivity index (χ0n) is 10.2. The summed E-state index contributed by atoms with van der Waals surface area (Å²) >= 11 is 0. The summed E-state index contributed by atoms with van der Waals surface area (Å²) < 4.78 is 5.29. The molecule has 0 spiro atoms. The maximum atomic E-state index is 8.98. The average molecular weight is 236 g/mol. The van der Waals surface area contributed by atoms with Crippen molar-refractivity contribution in [2.75, 3.05) is 32.5 Å². The molecule has 0 heterocycles. The second kappa shape index (κ2) is 6.93. The van der Waals surface area contributed by atoms with Crippen LogP contribution in [0.4, 0.5) is 5.69 Å². The lowest BCUT2D eigenvalue weighted by atomic mass is 10.1. The SMILES string of the molecule is C=CCN(CCO)Cc1ccc(N)cc1OC. The zero-order valence-corrected chi connectivity index (χ0v) is 10.2. The van der Waals surface area contributed by atoms with Crippen LogP contribution in [0.2, 0.25) is 0 Å². The minimum Gasteiger partial charge on any atom is -0.496 e. The van der Waals surface area contributed by atoms with E-state index < -0.39 is 0 Å². The fraction of sp³-hybridized carbons (Fsp3) is 0.385. The summed E-state index contributed by atoms with van der Waals surface area (Å²) in [5, 5.41) is 8.98. The number of nitrogens with two attached hydrogens (primary N) is 1. The molecule has 0 atom stereocenters. The van der Waals surface area contributed by atoms with Crippen LogP contribution in [0.25, 0.3) is 0 Å². The third-order valence-corrected chi connectivity index (χ3v) is 2.51. The molecule has 4 nitrogen and oxygen atoms in total. The summed E-state index contributed by atoms with van der Waals surface area (Å²) in [4.78, 5) is 2.08. The molecule has 0 unspecified atom stereocenters. The van der Waals surface area contributed by atoms with Crippen molar-refractivity contribution in [1.29, 1.82) is 0 Å². The van der Waals surface area contributed by atoms with Crippen LogP contribution >= 0.6 is 0 Å². The van der Waals surface area contributed by atoms with Gasteiger partial charge >= 0.3 is 0 Å². The number of methoxy groups -OCH3 is 1. The number of anilines is 1. The topological polar surface area (TPSA) is 58.7 Å². The highest BCUT2D eigenvalue weighted by atomic mass is 16.5. The summed E-state index contributed by atoms with van der Waals surface area (Å²) in [5.74, 6) is 0.775. The third kappa shape index (κ3) is 4.09. The number of aliphatic hydroxyl groups excluding tert-OH is 1. The van der Waals surface area contributed by atoms with Gasteiger partial charge in [0.2, 0.25) is 0 Å².